The molecule has 92 valence electrons. The standard InChI is InChI=1S/C13H18N2O2/c1-9(8-13(16)17)15-7-3-4-10-11(14)5-2-6-12(10)15/h2,5-6,9H,3-4,7-8,14H2,1H3,(H,16,17). The van der Waals surface area contributed by atoms with Gasteiger partial charge in [0, 0.05) is 24.0 Å². The van der Waals surface area contributed by atoms with Crippen LogP contribution in [0, 0.1) is 0 Å². The van der Waals surface area contributed by atoms with Crippen molar-refractivity contribution in [3.05, 3.63) is 23.8 Å². The first-order chi connectivity index (χ1) is 8.09. The Hall–Kier alpha value is -1.71. The third kappa shape index (κ3) is 2.35. The van der Waals surface area contributed by atoms with Crippen LogP contribution in [0.3, 0.4) is 0 Å². The molecule has 0 radical (unpaired) electrons. The van der Waals surface area contributed by atoms with Crippen LogP contribution in [0.25, 0.3) is 0 Å². The first-order valence-electron chi connectivity index (χ1n) is 5.95. The van der Waals surface area contributed by atoms with Gasteiger partial charge in [0.2, 0.25) is 0 Å². The minimum absolute atomic E-state index is 0.00773. The lowest BCUT2D eigenvalue weighted by molar-refractivity contribution is -0.137. The number of hydrogen-bond donors (Lipinski definition) is 2. The van der Waals surface area contributed by atoms with E-state index in [2.05, 4.69) is 4.90 Å². The minimum Gasteiger partial charge on any atom is -0.481 e. The van der Waals surface area contributed by atoms with Gasteiger partial charge in [-0.25, -0.2) is 0 Å². The molecule has 3 N–H and O–H groups in total. The average molecular weight is 234 g/mol. The molecular formula is C13H18N2O2. The van der Waals surface area contributed by atoms with Crippen molar-refractivity contribution in [2.24, 2.45) is 0 Å². The molecule has 4 nitrogen and oxygen atoms in total. The van der Waals surface area contributed by atoms with Crippen LogP contribution in [0.15, 0.2) is 18.2 Å². The lowest BCUT2D eigenvalue weighted by Gasteiger charge is -2.36. The Labute approximate surface area is 101 Å². The van der Waals surface area contributed by atoms with E-state index < -0.39 is 5.97 Å². The van der Waals surface area contributed by atoms with Gasteiger partial charge in [0.05, 0.1) is 6.42 Å². The predicted molar refractivity (Wildman–Crippen MR) is 68.2 cm³/mol. The van der Waals surface area contributed by atoms with Crippen molar-refractivity contribution in [3.63, 3.8) is 0 Å². The maximum absolute atomic E-state index is 10.8. The molecule has 0 bridgehead atoms. The molecule has 0 saturated carbocycles. The summed E-state index contributed by atoms with van der Waals surface area (Å²) in [6.07, 6.45) is 2.18. The van der Waals surface area contributed by atoms with Gasteiger partial charge in [0.15, 0.2) is 0 Å². The highest BCUT2D eigenvalue weighted by Gasteiger charge is 2.23. The fourth-order valence-electron chi connectivity index (χ4n) is 2.50. The minimum atomic E-state index is -0.756. The lowest BCUT2D eigenvalue weighted by Crippen LogP contribution is -2.38. The zero-order chi connectivity index (χ0) is 12.4. The zero-order valence-electron chi connectivity index (χ0n) is 10.0. The third-order valence-electron chi connectivity index (χ3n) is 3.32. The number of aliphatic carboxylic acids is 1. The van der Waals surface area contributed by atoms with Gasteiger partial charge in [0.25, 0.3) is 0 Å². The van der Waals surface area contributed by atoms with E-state index in [1.807, 2.05) is 25.1 Å². The molecule has 1 aliphatic rings. The van der Waals surface area contributed by atoms with Gasteiger partial charge in [-0.3, -0.25) is 4.79 Å². The van der Waals surface area contributed by atoms with Crippen LogP contribution in [0.5, 0.6) is 0 Å². The number of rotatable bonds is 3. The molecule has 0 amide bonds. The van der Waals surface area contributed by atoms with E-state index in [0.29, 0.717) is 0 Å². The second-order valence-corrected chi connectivity index (χ2v) is 4.59. The Balaban J connectivity index is 2.28. The van der Waals surface area contributed by atoms with E-state index in [1.54, 1.807) is 0 Å². The molecule has 1 aliphatic heterocycles. The van der Waals surface area contributed by atoms with Gasteiger partial charge in [0.1, 0.15) is 0 Å². The maximum atomic E-state index is 10.8. The van der Waals surface area contributed by atoms with E-state index in [0.717, 1.165) is 36.3 Å². The molecule has 1 atom stereocenters. The number of nitrogen functional groups attached to an aromatic ring is 1. The van der Waals surface area contributed by atoms with Crippen LogP contribution >= 0.6 is 0 Å². The number of benzene rings is 1. The molecule has 0 saturated heterocycles. The molecule has 0 aliphatic carbocycles. The van der Waals surface area contributed by atoms with E-state index in [4.69, 9.17) is 10.8 Å². The number of hydrogen-bond acceptors (Lipinski definition) is 3. The fraction of sp³-hybridized carbons (Fsp3) is 0.462. The van der Waals surface area contributed by atoms with Gasteiger partial charge >= 0.3 is 5.97 Å². The molecular weight excluding hydrogens is 216 g/mol. The summed E-state index contributed by atoms with van der Waals surface area (Å²) >= 11 is 0. The molecule has 2 rings (SSSR count). The second-order valence-electron chi connectivity index (χ2n) is 4.59. The highest BCUT2D eigenvalue weighted by atomic mass is 16.4. The van der Waals surface area contributed by atoms with Crippen molar-refractivity contribution >= 4 is 17.3 Å². The normalized spacial score (nSPS) is 16.4. The molecule has 1 aromatic carbocycles. The SMILES string of the molecule is CC(CC(=O)O)N1CCCc2c(N)cccc21. The van der Waals surface area contributed by atoms with Crippen molar-refractivity contribution in [2.75, 3.05) is 17.2 Å². The average Bonchev–Trinajstić information content (AvgIpc) is 2.28. The zero-order valence-corrected chi connectivity index (χ0v) is 10.0. The topological polar surface area (TPSA) is 66.6 Å². The summed E-state index contributed by atoms with van der Waals surface area (Å²) in [4.78, 5) is 12.9. The van der Waals surface area contributed by atoms with Crippen LogP contribution in [-0.4, -0.2) is 23.7 Å². The predicted octanol–water partition coefficient (Wildman–Crippen LogP) is 1.88. The van der Waals surface area contributed by atoms with Crippen molar-refractivity contribution in [3.8, 4) is 0 Å². The summed E-state index contributed by atoms with van der Waals surface area (Å²) in [6.45, 7) is 2.86. The van der Waals surface area contributed by atoms with Gasteiger partial charge in [-0.15, -0.1) is 0 Å². The quantitative estimate of drug-likeness (QED) is 0.784. The van der Waals surface area contributed by atoms with Crippen LogP contribution in [-0.2, 0) is 11.2 Å². The first kappa shape index (κ1) is 11.8. The highest BCUT2D eigenvalue weighted by Crippen LogP contribution is 2.32. The summed E-state index contributed by atoms with van der Waals surface area (Å²) in [5, 5.41) is 8.87. The first-order valence-corrected chi connectivity index (χ1v) is 5.95. The van der Waals surface area contributed by atoms with Crippen molar-refractivity contribution in [1.82, 2.24) is 0 Å². The molecule has 0 fully saturated rings. The number of carbonyl (C=O) groups is 1. The Morgan fingerprint density at radius 2 is 2.35 bits per heavy atom. The number of carboxylic acid groups (broad SMARTS) is 1. The van der Waals surface area contributed by atoms with Gasteiger partial charge in [-0.05, 0) is 37.5 Å². The summed E-state index contributed by atoms with van der Waals surface area (Å²) in [7, 11) is 0. The Morgan fingerprint density at radius 1 is 1.59 bits per heavy atom. The van der Waals surface area contributed by atoms with Gasteiger partial charge in [-0.1, -0.05) is 6.07 Å². The number of nitrogens with zero attached hydrogens (tertiary/aromatic N) is 1. The molecule has 4 heteroatoms. The van der Waals surface area contributed by atoms with Crippen LogP contribution in [0.2, 0.25) is 0 Å². The highest BCUT2D eigenvalue weighted by molar-refractivity contribution is 5.70. The van der Waals surface area contributed by atoms with E-state index in [1.165, 1.54) is 0 Å². The Bertz CT molecular complexity index is 431. The number of carboxylic acids is 1. The van der Waals surface area contributed by atoms with Crippen LogP contribution in [0.4, 0.5) is 11.4 Å². The maximum Gasteiger partial charge on any atom is 0.305 e. The largest absolute Gasteiger partial charge is 0.481 e. The summed E-state index contributed by atoms with van der Waals surface area (Å²) in [5.74, 6) is -0.756. The van der Waals surface area contributed by atoms with Gasteiger partial charge < -0.3 is 15.7 Å². The molecule has 0 spiro atoms. The van der Waals surface area contributed by atoms with Gasteiger partial charge in [-0.2, -0.15) is 0 Å². The third-order valence-corrected chi connectivity index (χ3v) is 3.32. The van der Waals surface area contributed by atoms with E-state index >= 15 is 0 Å². The Kier molecular flexibility index (Phi) is 3.22. The Morgan fingerprint density at radius 3 is 3.06 bits per heavy atom. The number of fused-ring (bicyclic) bond motifs is 1. The van der Waals surface area contributed by atoms with E-state index in [-0.39, 0.29) is 12.5 Å². The summed E-state index contributed by atoms with van der Waals surface area (Å²) in [5.41, 5.74) is 9.04. The molecule has 0 aromatic heterocycles. The number of anilines is 2. The molecule has 17 heavy (non-hydrogen) atoms. The molecule has 1 aromatic rings. The van der Waals surface area contributed by atoms with Crippen LogP contribution in [0.1, 0.15) is 25.3 Å². The summed E-state index contributed by atoms with van der Waals surface area (Å²) < 4.78 is 0. The lowest BCUT2D eigenvalue weighted by atomic mass is 9.98. The van der Waals surface area contributed by atoms with Crippen LogP contribution < -0.4 is 10.6 Å². The van der Waals surface area contributed by atoms with E-state index in [9.17, 15) is 4.79 Å². The molecule has 1 heterocycles. The number of nitrogens with two attached hydrogens (primary N) is 1. The van der Waals surface area contributed by atoms with Crippen molar-refractivity contribution in [2.45, 2.75) is 32.2 Å². The monoisotopic (exact) mass is 234 g/mol. The molecule has 1 unspecified atom stereocenters. The fourth-order valence-corrected chi connectivity index (χ4v) is 2.50. The second kappa shape index (κ2) is 4.65. The summed E-state index contributed by atoms with van der Waals surface area (Å²) in [6, 6.07) is 5.88. The smallest absolute Gasteiger partial charge is 0.305 e. The van der Waals surface area contributed by atoms with Crippen molar-refractivity contribution < 1.29 is 9.90 Å². The van der Waals surface area contributed by atoms with Crippen molar-refractivity contribution in [1.29, 1.82) is 0 Å².